The third-order valence-electron chi connectivity index (χ3n) is 4.37. The normalized spacial score (nSPS) is 11.4. The lowest BCUT2D eigenvalue weighted by molar-refractivity contribution is 0.291. The molecule has 2 aromatic rings. The molecule has 0 radical (unpaired) electrons. The van der Waals surface area contributed by atoms with Gasteiger partial charge in [-0.1, -0.05) is 44.2 Å². The second-order valence-electron chi connectivity index (χ2n) is 6.37. The van der Waals surface area contributed by atoms with Crippen molar-refractivity contribution in [3.8, 4) is 11.3 Å². The fourth-order valence-electron chi connectivity index (χ4n) is 2.96. The molecule has 0 amide bonds. The van der Waals surface area contributed by atoms with Crippen LogP contribution < -0.4 is 5.32 Å². The molecule has 0 aliphatic rings. The van der Waals surface area contributed by atoms with Crippen LogP contribution in [0, 0.1) is 0 Å². The lowest BCUT2D eigenvalue weighted by Gasteiger charge is -2.24. The summed E-state index contributed by atoms with van der Waals surface area (Å²) < 4.78 is 0. The van der Waals surface area contributed by atoms with Crippen LogP contribution in [-0.2, 0) is 6.54 Å². The minimum Gasteiger partial charge on any atom is -0.355 e. The molecule has 1 heterocycles. The van der Waals surface area contributed by atoms with Crippen LogP contribution in [0.4, 0.5) is 0 Å². The van der Waals surface area contributed by atoms with Gasteiger partial charge in [0.25, 0.3) is 0 Å². The first kappa shape index (κ1) is 23.4. The first-order valence-corrected chi connectivity index (χ1v) is 9.41. The Balaban J connectivity index is 0.00000364. The van der Waals surface area contributed by atoms with Gasteiger partial charge in [0.2, 0.25) is 0 Å². The summed E-state index contributed by atoms with van der Waals surface area (Å²) in [6.07, 6.45) is 3.07. The predicted octanol–water partition coefficient (Wildman–Crippen LogP) is 3.43. The molecule has 0 unspecified atom stereocenters. The summed E-state index contributed by atoms with van der Waals surface area (Å²) in [5.74, 6) is 1.81. The maximum atomic E-state index is 4.51. The molecule has 0 atom stereocenters. The van der Waals surface area contributed by atoms with Crippen LogP contribution in [0.25, 0.3) is 11.3 Å². The fourth-order valence-corrected chi connectivity index (χ4v) is 2.96. The molecule has 0 saturated carbocycles. The van der Waals surface area contributed by atoms with Gasteiger partial charge in [0.1, 0.15) is 5.82 Å². The average molecular weight is 484 g/mol. The van der Waals surface area contributed by atoms with E-state index in [1.807, 2.05) is 38.5 Å². The van der Waals surface area contributed by atoms with Crippen molar-refractivity contribution < 1.29 is 0 Å². The van der Waals surface area contributed by atoms with Crippen molar-refractivity contribution in [2.24, 2.45) is 4.99 Å². The Kier molecular flexibility index (Phi) is 11.0. The van der Waals surface area contributed by atoms with Crippen LogP contribution >= 0.6 is 24.0 Å². The number of rotatable bonds is 9. The second kappa shape index (κ2) is 12.7. The first-order chi connectivity index (χ1) is 12.7. The molecule has 0 aliphatic heterocycles. The summed E-state index contributed by atoms with van der Waals surface area (Å²) >= 11 is 0. The van der Waals surface area contributed by atoms with E-state index in [-0.39, 0.29) is 24.0 Å². The predicted molar refractivity (Wildman–Crippen MR) is 125 cm³/mol. The zero-order valence-electron chi connectivity index (χ0n) is 16.9. The number of guanidine groups is 1. The van der Waals surface area contributed by atoms with Gasteiger partial charge in [-0.05, 0) is 25.1 Å². The van der Waals surface area contributed by atoms with Crippen molar-refractivity contribution in [2.45, 2.75) is 26.8 Å². The molecule has 0 spiro atoms. The number of aromatic amines is 1. The zero-order chi connectivity index (χ0) is 18.8. The number of benzene rings is 1. The smallest absolute Gasteiger partial charge is 0.193 e. The van der Waals surface area contributed by atoms with E-state index in [0.717, 1.165) is 49.2 Å². The van der Waals surface area contributed by atoms with Crippen molar-refractivity contribution in [1.82, 2.24) is 25.1 Å². The summed E-state index contributed by atoms with van der Waals surface area (Å²) in [4.78, 5) is 16.8. The average Bonchev–Trinajstić information content (AvgIpc) is 3.13. The highest BCUT2D eigenvalue weighted by molar-refractivity contribution is 14.0. The maximum Gasteiger partial charge on any atom is 0.193 e. The standard InChI is InChI=1S/C20H32N6.HI/c1-5-13-26(6-2)14-12-22-20(21-3)25(4)16-19-23-15-18(24-19)17-10-8-7-9-11-17;/h7-11,15H,5-6,12-14,16H2,1-4H3,(H,21,22)(H,23,24);1H. The molecule has 2 N–H and O–H groups in total. The number of likely N-dealkylation sites (N-methyl/N-ethyl adjacent to an activating group) is 1. The molecule has 0 fully saturated rings. The van der Waals surface area contributed by atoms with E-state index < -0.39 is 0 Å². The molecule has 0 aliphatic carbocycles. The minimum atomic E-state index is 0. The Morgan fingerprint density at radius 1 is 1.19 bits per heavy atom. The lowest BCUT2D eigenvalue weighted by atomic mass is 10.2. The molecule has 150 valence electrons. The van der Waals surface area contributed by atoms with Crippen molar-refractivity contribution in [2.75, 3.05) is 40.3 Å². The molecule has 7 heteroatoms. The van der Waals surface area contributed by atoms with Gasteiger partial charge >= 0.3 is 0 Å². The summed E-state index contributed by atoms with van der Waals surface area (Å²) in [5, 5.41) is 3.44. The number of aromatic nitrogens is 2. The topological polar surface area (TPSA) is 59.5 Å². The largest absolute Gasteiger partial charge is 0.355 e. The van der Waals surface area contributed by atoms with E-state index in [4.69, 9.17) is 0 Å². The van der Waals surface area contributed by atoms with E-state index >= 15 is 0 Å². The molecule has 27 heavy (non-hydrogen) atoms. The number of nitrogens with zero attached hydrogens (tertiary/aromatic N) is 4. The van der Waals surface area contributed by atoms with Crippen LogP contribution in [0.5, 0.6) is 0 Å². The number of hydrogen-bond donors (Lipinski definition) is 2. The highest BCUT2D eigenvalue weighted by atomic mass is 127. The van der Waals surface area contributed by atoms with E-state index in [2.05, 4.69) is 56.1 Å². The maximum absolute atomic E-state index is 4.51. The number of nitrogens with one attached hydrogen (secondary N) is 2. The summed E-state index contributed by atoms with van der Waals surface area (Å²) in [6.45, 7) is 9.24. The van der Waals surface area contributed by atoms with E-state index in [1.54, 1.807) is 0 Å². The van der Waals surface area contributed by atoms with Gasteiger partial charge in [-0.3, -0.25) is 4.99 Å². The molecular formula is C20H33IN6. The van der Waals surface area contributed by atoms with Gasteiger partial charge in [-0.2, -0.15) is 0 Å². The molecule has 0 bridgehead atoms. The number of H-pyrrole nitrogens is 1. The van der Waals surface area contributed by atoms with E-state index in [0.29, 0.717) is 6.54 Å². The molecule has 1 aromatic carbocycles. The molecule has 2 rings (SSSR count). The van der Waals surface area contributed by atoms with Gasteiger partial charge in [0, 0.05) is 27.2 Å². The third-order valence-corrected chi connectivity index (χ3v) is 4.37. The number of aliphatic imine (C=N–C) groups is 1. The lowest BCUT2D eigenvalue weighted by Crippen LogP contribution is -2.42. The SMILES string of the molecule is CCCN(CC)CCNC(=NC)N(C)Cc1ncc(-c2ccccc2)[nH]1.I. The highest BCUT2D eigenvalue weighted by Crippen LogP contribution is 2.16. The number of hydrogen-bond acceptors (Lipinski definition) is 3. The van der Waals surface area contributed by atoms with Crippen LogP contribution in [0.3, 0.4) is 0 Å². The summed E-state index contributed by atoms with van der Waals surface area (Å²) in [7, 11) is 3.85. The molecule has 6 nitrogen and oxygen atoms in total. The summed E-state index contributed by atoms with van der Waals surface area (Å²) in [6, 6.07) is 10.2. The number of imidazole rings is 1. The van der Waals surface area contributed by atoms with Gasteiger partial charge in [0.15, 0.2) is 5.96 Å². The molecule has 1 aromatic heterocycles. The zero-order valence-corrected chi connectivity index (χ0v) is 19.2. The van der Waals surface area contributed by atoms with Gasteiger partial charge in [-0.15, -0.1) is 24.0 Å². The monoisotopic (exact) mass is 484 g/mol. The summed E-state index contributed by atoms with van der Waals surface area (Å²) in [5.41, 5.74) is 2.18. The van der Waals surface area contributed by atoms with Gasteiger partial charge in [-0.25, -0.2) is 4.98 Å². The fraction of sp³-hybridized carbons (Fsp3) is 0.500. The van der Waals surface area contributed by atoms with Crippen molar-refractivity contribution in [1.29, 1.82) is 0 Å². The van der Waals surface area contributed by atoms with Crippen LogP contribution in [0.2, 0.25) is 0 Å². The van der Waals surface area contributed by atoms with Gasteiger partial charge < -0.3 is 20.1 Å². The quantitative estimate of drug-likeness (QED) is 0.325. The third kappa shape index (κ3) is 7.50. The van der Waals surface area contributed by atoms with E-state index in [9.17, 15) is 0 Å². The van der Waals surface area contributed by atoms with E-state index in [1.165, 1.54) is 6.42 Å². The molecular weight excluding hydrogens is 451 g/mol. The van der Waals surface area contributed by atoms with Gasteiger partial charge in [0.05, 0.1) is 18.4 Å². The van der Waals surface area contributed by atoms with Crippen LogP contribution in [0.15, 0.2) is 41.5 Å². The minimum absolute atomic E-state index is 0. The Morgan fingerprint density at radius 2 is 1.93 bits per heavy atom. The van der Waals surface area contributed by atoms with Crippen LogP contribution in [0.1, 0.15) is 26.1 Å². The van der Waals surface area contributed by atoms with Crippen LogP contribution in [-0.4, -0.2) is 66.0 Å². The van der Waals surface area contributed by atoms with Crippen molar-refractivity contribution in [3.63, 3.8) is 0 Å². The second-order valence-corrected chi connectivity index (χ2v) is 6.37. The van der Waals surface area contributed by atoms with Crippen molar-refractivity contribution >= 4 is 29.9 Å². The Bertz CT molecular complexity index is 670. The molecule has 0 saturated heterocycles. The Labute approximate surface area is 180 Å². The van der Waals surface area contributed by atoms with Crippen molar-refractivity contribution in [3.05, 3.63) is 42.4 Å². The number of halogens is 1. The Hall–Kier alpha value is -1.61. The first-order valence-electron chi connectivity index (χ1n) is 9.41. The Morgan fingerprint density at radius 3 is 2.56 bits per heavy atom. The highest BCUT2D eigenvalue weighted by Gasteiger charge is 2.10.